The molecular formula is C20H22F2O2S. The summed E-state index contributed by atoms with van der Waals surface area (Å²) < 4.78 is 53.2. The van der Waals surface area contributed by atoms with E-state index in [1.54, 1.807) is 18.2 Å². The summed E-state index contributed by atoms with van der Waals surface area (Å²) in [5, 5.41) is -3.98. The van der Waals surface area contributed by atoms with Crippen LogP contribution >= 0.6 is 0 Å². The van der Waals surface area contributed by atoms with Gasteiger partial charge in [-0.3, -0.25) is 0 Å². The van der Waals surface area contributed by atoms with Crippen molar-refractivity contribution in [2.75, 3.05) is 0 Å². The fourth-order valence-electron chi connectivity index (χ4n) is 2.54. The number of halogens is 2. The molecule has 2 nitrogen and oxygen atoms in total. The standard InChI is InChI=1S/C20H22F2O2S/c1-15(2)13-17-9-11-18(12-10-17)16(3)14-20(21,22)25(23,24)19-7-5-4-6-8-19/h4-12,14-15H,13H2,1-3H3/b16-14+. The molecule has 134 valence electrons. The van der Waals surface area contributed by atoms with Gasteiger partial charge in [-0.1, -0.05) is 56.3 Å². The van der Waals surface area contributed by atoms with E-state index in [0.29, 0.717) is 17.6 Å². The maximum atomic E-state index is 14.4. The molecule has 25 heavy (non-hydrogen) atoms. The Bertz CT molecular complexity index is 837. The van der Waals surface area contributed by atoms with E-state index in [-0.39, 0.29) is 5.57 Å². The number of hydrogen-bond acceptors (Lipinski definition) is 2. The fraction of sp³-hybridized carbons (Fsp3) is 0.300. The molecule has 0 bridgehead atoms. The van der Waals surface area contributed by atoms with Crippen LogP contribution < -0.4 is 0 Å². The molecule has 0 amide bonds. The lowest BCUT2D eigenvalue weighted by atomic mass is 9.99. The normalized spacial score (nSPS) is 13.3. The van der Waals surface area contributed by atoms with E-state index in [1.807, 2.05) is 12.1 Å². The van der Waals surface area contributed by atoms with Gasteiger partial charge in [0.1, 0.15) is 0 Å². The van der Waals surface area contributed by atoms with Gasteiger partial charge in [0, 0.05) is 6.08 Å². The Hall–Kier alpha value is -2.01. The van der Waals surface area contributed by atoms with Crippen molar-refractivity contribution in [2.45, 2.75) is 37.3 Å². The van der Waals surface area contributed by atoms with Gasteiger partial charge in [0.05, 0.1) is 4.90 Å². The van der Waals surface area contributed by atoms with Crippen LogP contribution in [0.3, 0.4) is 0 Å². The van der Waals surface area contributed by atoms with Gasteiger partial charge in [0.15, 0.2) is 0 Å². The molecule has 0 fully saturated rings. The van der Waals surface area contributed by atoms with Crippen LogP contribution in [0.2, 0.25) is 0 Å². The van der Waals surface area contributed by atoms with Crippen molar-refractivity contribution < 1.29 is 17.2 Å². The predicted molar refractivity (Wildman–Crippen MR) is 97.2 cm³/mol. The smallest absolute Gasteiger partial charge is 0.217 e. The zero-order valence-corrected chi connectivity index (χ0v) is 15.4. The first-order chi connectivity index (χ1) is 11.6. The predicted octanol–water partition coefficient (Wildman–Crippen LogP) is 5.36. The Kier molecular flexibility index (Phi) is 5.78. The molecule has 0 spiro atoms. The highest BCUT2D eigenvalue weighted by molar-refractivity contribution is 7.92. The zero-order chi connectivity index (χ0) is 18.7. The highest BCUT2D eigenvalue weighted by atomic mass is 32.2. The van der Waals surface area contributed by atoms with Crippen molar-refractivity contribution in [1.82, 2.24) is 0 Å². The summed E-state index contributed by atoms with van der Waals surface area (Å²) in [7, 11) is -4.78. The molecule has 0 aliphatic carbocycles. The molecule has 0 heterocycles. The minimum absolute atomic E-state index is 0.223. The summed E-state index contributed by atoms with van der Waals surface area (Å²) in [4.78, 5) is -0.392. The van der Waals surface area contributed by atoms with Crippen LogP contribution in [0.5, 0.6) is 0 Å². The summed E-state index contributed by atoms with van der Waals surface area (Å²) in [5.41, 5.74) is 1.92. The van der Waals surface area contributed by atoms with E-state index in [9.17, 15) is 17.2 Å². The maximum absolute atomic E-state index is 14.4. The molecular weight excluding hydrogens is 342 g/mol. The van der Waals surface area contributed by atoms with Crippen LogP contribution in [0.25, 0.3) is 5.57 Å². The number of alkyl halides is 2. The average Bonchev–Trinajstić information content (AvgIpc) is 2.55. The summed E-state index contributed by atoms with van der Waals surface area (Å²) in [5.74, 6) is 0.503. The third-order valence-corrected chi connectivity index (χ3v) is 5.58. The lowest BCUT2D eigenvalue weighted by Gasteiger charge is -2.15. The van der Waals surface area contributed by atoms with E-state index in [4.69, 9.17) is 0 Å². The molecule has 0 saturated carbocycles. The van der Waals surface area contributed by atoms with Crippen LogP contribution in [0.1, 0.15) is 31.9 Å². The molecule has 0 aromatic heterocycles. The summed E-state index contributed by atoms with van der Waals surface area (Å²) in [6.07, 6.45) is 1.42. The molecule has 5 heteroatoms. The van der Waals surface area contributed by atoms with Gasteiger partial charge in [-0.2, -0.15) is 8.78 Å². The average molecular weight is 364 g/mol. The van der Waals surface area contributed by atoms with Crippen LogP contribution in [-0.2, 0) is 16.3 Å². The van der Waals surface area contributed by atoms with E-state index in [1.165, 1.54) is 31.2 Å². The number of rotatable bonds is 6. The van der Waals surface area contributed by atoms with Gasteiger partial charge in [-0.25, -0.2) is 8.42 Å². The van der Waals surface area contributed by atoms with Gasteiger partial charge >= 0.3 is 5.25 Å². The van der Waals surface area contributed by atoms with Gasteiger partial charge in [-0.15, -0.1) is 0 Å². The third-order valence-electron chi connectivity index (χ3n) is 3.85. The first-order valence-electron chi connectivity index (χ1n) is 8.10. The summed E-state index contributed by atoms with van der Waals surface area (Å²) in [6.45, 7) is 5.70. The van der Waals surface area contributed by atoms with Crippen molar-refractivity contribution in [1.29, 1.82) is 0 Å². The van der Waals surface area contributed by atoms with Crippen molar-refractivity contribution in [3.63, 3.8) is 0 Å². The Labute approximate surface area is 148 Å². The highest BCUT2D eigenvalue weighted by Crippen LogP contribution is 2.33. The summed E-state index contributed by atoms with van der Waals surface area (Å²) >= 11 is 0. The highest BCUT2D eigenvalue weighted by Gasteiger charge is 2.44. The van der Waals surface area contributed by atoms with Gasteiger partial charge in [-0.05, 0) is 48.1 Å². The minimum Gasteiger partial charge on any atom is -0.217 e. The number of hydrogen-bond donors (Lipinski definition) is 0. The van der Waals surface area contributed by atoms with E-state index in [0.717, 1.165) is 12.0 Å². The molecule has 0 unspecified atom stereocenters. The van der Waals surface area contributed by atoms with Crippen LogP contribution in [0.15, 0.2) is 65.6 Å². The summed E-state index contributed by atoms with van der Waals surface area (Å²) in [6, 6.07) is 14.0. The topological polar surface area (TPSA) is 34.1 Å². The molecule has 0 aliphatic heterocycles. The van der Waals surface area contributed by atoms with Crippen LogP contribution in [0.4, 0.5) is 8.78 Å². The SMILES string of the molecule is C/C(=C\C(F)(F)S(=O)(=O)c1ccccc1)c1ccc(CC(C)C)cc1. The fourth-order valence-corrected chi connectivity index (χ4v) is 3.71. The Morgan fingerprint density at radius 1 is 1.04 bits per heavy atom. The molecule has 2 aromatic carbocycles. The van der Waals surface area contributed by atoms with Gasteiger partial charge < -0.3 is 0 Å². The monoisotopic (exact) mass is 364 g/mol. The third kappa shape index (κ3) is 4.54. The second kappa shape index (κ2) is 7.48. The lowest BCUT2D eigenvalue weighted by molar-refractivity contribution is 0.147. The van der Waals surface area contributed by atoms with E-state index < -0.39 is 20.0 Å². The molecule has 0 radical (unpaired) electrons. The van der Waals surface area contributed by atoms with Crippen molar-refractivity contribution in [3.8, 4) is 0 Å². The lowest BCUT2D eigenvalue weighted by Crippen LogP contribution is -2.26. The maximum Gasteiger partial charge on any atom is 0.369 e. The minimum atomic E-state index is -4.78. The Morgan fingerprint density at radius 3 is 2.12 bits per heavy atom. The van der Waals surface area contributed by atoms with Crippen molar-refractivity contribution >= 4 is 15.4 Å². The van der Waals surface area contributed by atoms with Crippen molar-refractivity contribution in [3.05, 3.63) is 71.8 Å². The van der Waals surface area contributed by atoms with E-state index in [2.05, 4.69) is 13.8 Å². The van der Waals surface area contributed by atoms with Gasteiger partial charge in [0.25, 0.3) is 0 Å². The van der Waals surface area contributed by atoms with Crippen LogP contribution in [0, 0.1) is 5.92 Å². The molecule has 2 aromatic rings. The Balaban J connectivity index is 2.31. The number of benzene rings is 2. The second-order valence-electron chi connectivity index (χ2n) is 6.50. The first kappa shape index (κ1) is 19.3. The second-order valence-corrected chi connectivity index (χ2v) is 8.52. The van der Waals surface area contributed by atoms with Crippen LogP contribution in [-0.4, -0.2) is 13.7 Å². The molecule has 0 saturated heterocycles. The first-order valence-corrected chi connectivity index (χ1v) is 9.58. The molecule has 0 atom stereocenters. The number of sulfone groups is 1. The number of allylic oxidation sites excluding steroid dienone is 1. The van der Waals surface area contributed by atoms with Crippen molar-refractivity contribution in [2.24, 2.45) is 5.92 Å². The largest absolute Gasteiger partial charge is 0.369 e. The molecule has 2 rings (SSSR count). The molecule has 0 aliphatic rings. The molecule has 0 N–H and O–H groups in total. The quantitative estimate of drug-likeness (QED) is 0.692. The Morgan fingerprint density at radius 2 is 1.60 bits per heavy atom. The van der Waals surface area contributed by atoms with E-state index >= 15 is 0 Å². The van der Waals surface area contributed by atoms with Gasteiger partial charge in [0.2, 0.25) is 9.84 Å². The zero-order valence-electron chi connectivity index (χ0n) is 14.5.